The fourth-order valence-electron chi connectivity index (χ4n) is 4.02. The Kier molecular flexibility index (Phi) is 5.16. The van der Waals surface area contributed by atoms with Crippen LogP contribution >= 0.6 is 0 Å². The molecule has 130 valence electrons. The average Bonchev–Trinajstić information content (AvgIpc) is 3.11. The molecule has 0 radical (unpaired) electrons. The van der Waals surface area contributed by atoms with Gasteiger partial charge in [-0.15, -0.1) is 6.42 Å². The number of likely N-dealkylation sites (tertiary alicyclic amines) is 1. The van der Waals surface area contributed by atoms with Gasteiger partial charge in [0, 0.05) is 36.5 Å². The first-order valence-corrected chi connectivity index (χ1v) is 9.14. The lowest BCUT2D eigenvalue weighted by Gasteiger charge is -2.25. The summed E-state index contributed by atoms with van der Waals surface area (Å²) in [6, 6.07) is 4.45. The number of nitrogens with two attached hydrogens (primary N) is 1. The van der Waals surface area contributed by atoms with Crippen LogP contribution < -0.4 is 5.73 Å². The van der Waals surface area contributed by atoms with Gasteiger partial charge in [0.1, 0.15) is 0 Å². The zero-order valence-corrected chi connectivity index (χ0v) is 15.4. The normalized spacial score (nSPS) is 20.1. The van der Waals surface area contributed by atoms with Crippen molar-refractivity contribution >= 4 is 5.70 Å². The molecule has 0 saturated carbocycles. The van der Waals surface area contributed by atoms with Crippen LogP contribution in [-0.2, 0) is 6.54 Å². The molecule has 2 aliphatic rings. The molecule has 1 aromatic carbocycles. The molecule has 25 heavy (non-hydrogen) atoms. The molecule has 2 N–H and O–H groups in total. The highest BCUT2D eigenvalue weighted by molar-refractivity contribution is 5.66. The minimum atomic E-state index is 0.575. The van der Waals surface area contributed by atoms with E-state index in [4.69, 9.17) is 12.2 Å². The smallest absolute Gasteiger partial charge is 0.0369 e. The highest BCUT2D eigenvalue weighted by Crippen LogP contribution is 2.34. The molecule has 0 bridgehead atoms. The van der Waals surface area contributed by atoms with Crippen LogP contribution in [-0.4, -0.2) is 18.0 Å². The minimum Gasteiger partial charge on any atom is -0.371 e. The van der Waals surface area contributed by atoms with E-state index >= 15 is 0 Å². The van der Waals surface area contributed by atoms with E-state index in [0.29, 0.717) is 12.5 Å². The highest BCUT2D eigenvalue weighted by atomic mass is 15.2. The van der Waals surface area contributed by atoms with E-state index in [2.05, 4.69) is 55.5 Å². The summed E-state index contributed by atoms with van der Waals surface area (Å²) in [4.78, 5) is 2.43. The number of nitrogens with zero attached hydrogens (tertiary/aromatic N) is 1. The Bertz CT molecular complexity index is 789. The van der Waals surface area contributed by atoms with Gasteiger partial charge >= 0.3 is 0 Å². The summed E-state index contributed by atoms with van der Waals surface area (Å²) in [5.74, 6) is 3.38. The first-order chi connectivity index (χ1) is 12.0. The van der Waals surface area contributed by atoms with E-state index < -0.39 is 0 Å². The van der Waals surface area contributed by atoms with Crippen molar-refractivity contribution in [3.8, 4) is 12.3 Å². The maximum Gasteiger partial charge on any atom is 0.0369 e. The second kappa shape index (κ2) is 7.33. The third kappa shape index (κ3) is 3.57. The summed E-state index contributed by atoms with van der Waals surface area (Å²) >= 11 is 0. The molecule has 0 amide bonds. The maximum absolute atomic E-state index is 5.90. The lowest BCUT2D eigenvalue weighted by molar-refractivity contribution is 0.473. The lowest BCUT2D eigenvalue weighted by Crippen LogP contribution is -2.20. The lowest BCUT2D eigenvalue weighted by atomic mass is 9.89. The Morgan fingerprint density at radius 2 is 2.08 bits per heavy atom. The van der Waals surface area contributed by atoms with E-state index in [1.54, 1.807) is 0 Å². The van der Waals surface area contributed by atoms with E-state index in [1.165, 1.54) is 34.2 Å². The van der Waals surface area contributed by atoms with Crippen LogP contribution in [0.1, 0.15) is 41.5 Å². The third-order valence-electron chi connectivity index (χ3n) is 5.68. The van der Waals surface area contributed by atoms with Crippen molar-refractivity contribution in [2.75, 3.05) is 13.1 Å². The molecular formula is C23H28N2. The summed E-state index contributed by atoms with van der Waals surface area (Å²) in [6.45, 7) is 11.4. The molecular weight excluding hydrogens is 304 g/mol. The summed E-state index contributed by atoms with van der Waals surface area (Å²) in [7, 11) is 0. The number of hydrogen-bond donors (Lipinski definition) is 1. The first-order valence-electron chi connectivity index (χ1n) is 9.14. The van der Waals surface area contributed by atoms with Crippen molar-refractivity contribution < 1.29 is 0 Å². The van der Waals surface area contributed by atoms with Crippen LogP contribution in [0.4, 0.5) is 0 Å². The molecule has 1 heterocycles. The second-order valence-corrected chi connectivity index (χ2v) is 7.25. The monoisotopic (exact) mass is 332 g/mol. The van der Waals surface area contributed by atoms with Gasteiger partial charge in [-0.2, -0.15) is 0 Å². The Hall–Kier alpha value is -2.24. The maximum atomic E-state index is 5.90. The van der Waals surface area contributed by atoms with Gasteiger partial charge in [0.2, 0.25) is 0 Å². The fourth-order valence-corrected chi connectivity index (χ4v) is 4.02. The molecule has 1 aromatic rings. The van der Waals surface area contributed by atoms with E-state index in [9.17, 15) is 0 Å². The first kappa shape index (κ1) is 17.6. The molecule has 1 saturated heterocycles. The van der Waals surface area contributed by atoms with Crippen LogP contribution in [0.3, 0.4) is 0 Å². The van der Waals surface area contributed by atoms with Gasteiger partial charge in [0.25, 0.3) is 0 Å². The van der Waals surface area contributed by atoms with Crippen LogP contribution in [0.25, 0.3) is 5.70 Å². The van der Waals surface area contributed by atoms with E-state index in [0.717, 1.165) is 37.2 Å². The van der Waals surface area contributed by atoms with Gasteiger partial charge in [-0.1, -0.05) is 36.3 Å². The van der Waals surface area contributed by atoms with E-state index in [1.807, 2.05) is 0 Å². The molecule has 1 unspecified atom stereocenters. The van der Waals surface area contributed by atoms with Crippen LogP contribution in [0.15, 0.2) is 42.0 Å². The topological polar surface area (TPSA) is 29.3 Å². The van der Waals surface area contributed by atoms with Gasteiger partial charge in [-0.25, -0.2) is 0 Å². The number of aryl methyl sites for hydroxylation is 2. The molecule has 2 heteroatoms. The van der Waals surface area contributed by atoms with Crippen LogP contribution in [0.2, 0.25) is 0 Å². The summed E-state index contributed by atoms with van der Waals surface area (Å²) < 4.78 is 0. The highest BCUT2D eigenvalue weighted by Gasteiger charge is 2.27. The number of rotatable bonds is 4. The fraction of sp³-hybridized carbons (Fsp3) is 0.391. The number of allylic oxidation sites excluding steroid dienone is 3. The van der Waals surface area contributed by atoms with Crippen molar-refractivity contribution in [3.05, 3.63) is 64.3 Å². The molecule has 1 aliphatic carbocycles. The molecule has 1 atom stereocenters. The van der Waals surface area contributed by atoms with E-state index in [-0.39, 0.29) is 0 Å². The SMILES string of the molecule is C#CC1=CC=C(C2CCN(C(=C)c3cc(CN)c(C)cc3C)C2)CC1. The molecule has 3 rings (SSSR count). The van der Waals surface area contributed by atoms with Crippen molar-refractivity contribution in [2.24, 2.45) is 11.7 Å². The zero-order valence-electron chi connectivity index (χ0n) is 15.4. The number of terminal acetylenes is 1. The average molecular weight is 332 g/mol. The van der Waals surface area contributed by atoms with Crippen molar-refractivity contribution in [2.45, 2.75) is 39.7 Å². The molecule has 1 aliphatic heterocycles. The van der Waals surface area contributed by atoms with Crippen molar-refractivity contribution in [3.63, 3.8) is 0 Å². The van der Waals surface area contributed by atoms with Gasteiger partial charge < -0.3 is 10.6 Å². The van der Waals surface area contributed by atoms with Crippen LogP contribution in [0, 0.1) is 32.1 Å². The predicted octanol–water partition coefficient (Wildman–Crippen LogP) is 4.33. The summed E-state index contributed by atoms with van der Waals surface area (Å²) in [5.41, 5.74) is 14.7. The Morgan fingerprint density at radius 3 is 2.72 bits per heavy atom. The molecule has 0 spiro atoms. The number of benzene rings is 1. The second-order valence-electron chi connectivity index (χ2n) is 7.25. The van der Waals surface area contributed by atoms with Crippen molar-refractivity contribution in [1.29, 1.82) is 0 Å². The summed E-state index contributed by atoms with van der Waals surface area (Å²) in [6.07, 6.45) is 13.2. The zero-order chi connectivity index (χ0) is 18.0. The Morgan fingerprint density at radius 1 is 1.28 bits per heavy atom. The van der Waals surface area contributed by atoms with Gasteiger partial charge in [0.15, 0.2) is 0 Å². The Balaban J connectivity index is 1.75. The predicted molar refractivity (Wildman–Crippen MR) is 107 cm³/mol. The largest absolute Gasteiger partial charge is 0.371 e. The van der Waals surface area contributed by atoms with Gasteiger partial charge in [0.05, 0.1) is 0 Å². The molecule has 1 fully saturated rings. The Labute approximate surface area is 152 Å². The number of hydrogen-bond acceptors (Lipinski definition) is 2. The minimum absolute atomic E-state index is 0.575. The van der Waals surface area contributed by atoms with Gasteiger partial charge in [-0.3, -0.25) is 0 Å². The molecule has 0 aromatic heterocycles. The quantitative estimate of drug-likeness (QED) is 0.831. The standard InChI is InChI=1S/C23H28N2/c1-5-19-6-8-20(9-7-19)21-10-11-25(15-21)18(4)23-13-22(14-24)16(2)12-17(23)3/h1,6,8,12-13,21H,4,7,9-11,14-15,24H2,2-3H3. The van der Waals surface area contributed by atoms with Crippen LogP contribution in [0.5, 0.6) is 0 Å². The molecule has 2 nitrogen and oxygen atoms in total. The van der Waals surface area contributed by atoms with Gasteiger partial charge in [-0.05, 0) is 61.8 Å². The third-order valence-corrected chi connectivity index (χ3v) is 5.68. The van der Waals surface area contributed by atoms with Crippen molar-refractivity contribution in [1.82, 2.24) is 4.90 Å². The summed E-state index contributed by atoms with van der Waals surface area (Å²) in [5, 5.41) is 0.